The largest absolute Gasteiger partial charge is 0.417 e. The van der Waals surface area contributed by atoms with Crippen molar-refractivity contribution >= 4 is 63.4 Å². The van der Waals surface area contributed by atoms with E-state index in [0.29, 0.717) is 12.1 Å². The van der Waals surface area contributed by atoms with E-state index in [0.717, 1.165) is 30.3 Å². The van der Waals surface area contributed by atoms with E-state index < -0.39 is 57.9 Å². The van der Waals surface area contributed by atoms with Crippen LogP contribution in [0.15, 0.2) is 36.4 Å². The minimum absolute atomic E-state index is 0.148. The number of Topliss-reactive ketones (excluding diaryl/α,β-unsaturated/α-hetero) is 1. The second kappa shape index (κ2) is 12.8. The lowest BCUT2D eigenvalue weighted by molar-refractivity contribution is -0.139. The van der Waals surface area contributed by atoms with Crippen LogP contribution in [0.25, 0.3) is 6.08 Å². The molecule has 14 heteroatoms. The van der Waals surface area contributed by atoms with E-state index >= 15 is 0 Å². The van der Waals surface area contributed by atoms with Crippen LogP contribution < -0.4 is 5.32 Å². The fraction of sp³-hybridized carbons (Fsp3) is 0.333. The van der Waals surface area contributed by atoms with Gasteiger partial charge in [-0.3, -0.25) is 13.8 Å². The predicted octanol–water partition coefficient (Wildman–Crippen LogP) is 7.48. The smallest absolute Gasteiger partial charge is 0.349 e. The lowest BCUT2D eigenvalue weighted by Crippen LogP contribution is -2.36. The van der Waals surface area contributed by atoms with Crippen molar-refractivity contribution in [3.05, 3.63) is 73.7 Å². The lowest BCUT2D eigenvalue weighted by Gasteiger charge is -2.19. The molecule has 0 heterocycles. The molecule has 0 aliphatic carbocycles. The summed E-state index contributed by atoms with van der Waals surface area (Å²) >= 11 is 17.4. The molecule has 0 aliphatic heterocycles. The first kappa shape index (κ1) is 32.1. The van der Waals surface area contributed by atoms with E-state index in [1.807, 2.05) is 0 Å². The van der Waals surface area contributed by atoms with Gasteiger partial charge in [0.15, 0.2) is 0 Å². The normalized spacial score (nSPS) is 14.8. The second-order valence-electron chi connectivity index (χ2n) is 8.31. The molecule has 0 aliphatic rings. The Morgan fingerprint density at radius 3 is 2.11 bits per heavy atom. The molecule has 3 atom stereocenters. The summed E-state index contributed by atoms with van der Waals surface area (Å²) in [7, 11) is -1.41. The first-order chi connectivity index (χ1) is 17.4. The van der Waals surface area contributed by atoms with E-state index in [2.05, 4.69) is 5.32 Å². The number of carbonyl (C=O) groups excluding carboxylic acids is 2. The van der Waals surface area contributed by atoms with Gasteiger partial charge in [-0.15, -0.1) is 0 Å². The maximum absolute atomic E-state index is 13.7. The van der Waals surface area contributed by atoms with E-state index in [4.69, 9.17) is 34.8 Å². The van der Waals surface area contributed by atoms with Crippen LogP contribution in [0.1, 0.15) is 46.3 Å². The average molecular weight is 623 g/mol. The third-order valence-electron chi connectivity index (χ3n) is 5.07. The quantitative estimate of drug-likeness (QED) is 0.233. The van der Waals surface area contributed by atoms with Crippen molar-refractivity contribution in [2.75, 3.05) is 12.0 Å². The monoisotopic (exact) mass is 621 g/mol. The molecule has 2 aromatic carbocycles. The van der Waals surface area contributed by atoms with E-state index in [1.165, 1.54) is 13.2 Å². The Labute approximate surface area is 231 Å². The van der Waals surface area contributed by atoms with Gasteiger partial charge in [-0.05, 0) is 42.3 Å². The Kier molecular flexibility index (Phi) is 10.9. The summed E-state index contributed by atoms with van der Waals surface area (Å²) in [5, 5.41) is 1.67. The van der Waals surface area contributed by atoms with Crippen molar-refractivity contribution in [3.63, 3.8) is 0 Å². The Morgan fingerprint density at radius 2 is 1.61 bits per heavy atom. The third-order valence-corrected chi connectivity index (χ3v) is 6.99. The molecule has 2 aromatic rings. The molecular weight excluding hydrogens is 603 g/mol. The second-order valence-corrected chi connectivity index (χ2v) is 10.9. The first-order valence-electron chi connectivity index (χ1n) is 10.6. The number of hydrogen-bond donors (Lipinski definition) is 1. The number of nitrogens with one attached hydrogen (secondary N) is 1. The number of hydrogen-bond acceptors (Lipinski definition) is 3. The van der Waals surface area contributed by atoms with Gasteiger partial charge in [-0.2, -0.15) is 26.3 Å². The Bertz CT molecular complexity index is 1240. The SMILES string of the molecule is C[C@H](CC(=O)CS(C)=O)NC(=O)c1ccc(/C=C/C(c2cc(Cl)c(Cl)c(Cl)c2)C(F)(F)F)cc1C(F)(F)F. The number of carbonyl (C=O) groups is 2. The van der Waals surface area contributed by atoms with Crippen molar-refractivity contribution < 1.29 is 40.1 Å². The molecule has 0 fully saturated rings. The van der Waals surface area contributed by atoms with Crippen molar-refractivity contribution in [1.82, 2.24) is 5.32 Å². The lowest BCUT2D eigenvalue weighted by atomic mass is 9.96. The highest BCUT2D eigenvalue weighted by Gasteiger charge is 2.40. The predicted molar refractivity (Wildman–Crippen MR) is 136 cm³/mol. The van der Waals surface area contributed by atoms with Gasteiger partial charge in [0.2, 0.25) is 0 Å². The van der Waals surface area contributed by atoms with E-state index in [9.17, 15) is 40.1 Å². The summed E-state index contributed by atoms with van der Waals surface area (Å²) in [6, 6.07) is 3.47. The molecule has 2 rings (SSSR count). The van der Waals surface area contributed by atoms with Gasteiger partial charge in [-0.25, -0.2) is 0 Å². The number of benzene rings is 2. The van der Waals surface area contributed by atoms with Crippen LogP contribution in [0.2, 0.25) is 15.1 Å². The van der Waals surface area contributed by atoms with E-state index in [1.54, 1.807) is 0 Å². The molecule has 0 saturated carbocycles. The average Bonchev–Trinajstić information content (AvgIpc) is 2.75. The summed E-state index contributed by atoms with van der Waals surface area (Å²) in [5.41, 5.74) is -2.80. The number of rotatable bonds is 9. The van der Waals surface area contributed by atoms with Crippen LogP contribution in [-0.2, 0) is 21.8 Å². The fourth-order valence-corrected chi connectivity index (χ4v) is 4.63. The van der Waals surface area contributed by atoms with Crippen molar-refractivity contribution in [1.29, 1.82) is 0 Å². The van der Waals surface area contributed by atoms with Crippen LogP contribution in [0.5, 0.6) is 0 Å². The maximum Gasteiger partial charge on any atom is 0.417 e. The molecule has 1 amide bonds. The van der Waals surface area contributed by atoms with Crippen molar-refractivity contribution in [2.45, 2.75) is 37.7 Å². The molecule has 0 aromatic heterocycles. The Morgan fingerprint density at radius 1 is 1.03 bits per heavy atom. The molecule has 4 nitrogen and oxygen atoms in total. The molecule has 38 heavy (non-hydrogen) atoms. The minimum atomic E-state index is -5.02. The van der Waals surface area contributed by atoms with Crippen LogP contribution in [0.4, 0.5) is 26.3 Å². The number of allylic oxidation sites excluding steroid dienone is 1. The highest BCUT2D eigenvalue weighted by Crippen LogP contribution is 2.41. The maximum atomic E-state index is 13.7. The van der Waals surface area contributed by atoms with Gasteiger partial charge in [0.25, 0.3) is 5.91 Å². The van der Waals surface area contributed by atoms with Crippen molar-refractivity contribution in [3.8, 4) is 0 Å². The van der Waals surface area contributed by atoms with Gasteiger partial charge < -0.3 is 5.32 Å². The Hall–Kier alpha value is -2.08. The summed E-state index contributed by atoms with van der Waals surface area (Å²) in [6.07, 6.45) is -7.33. The molecule has 1 N–H and O–H groups in total. The molecule has 2 unspecified atom stereocenters. The summed E-state index contributed by atoms with van der Waals surface area (Å²) in [4.78, 5) is 24.3. The number of alkyl halides is 6. The van der Waals surface area contributed by atoms with Crippen LogP contribution >= 0.6 is 34.8 Å². The highest BCUT2D eigenvalue weighted by molar-refractivity contribution is 7.85. The molecule has 0 radical (unpaired) electrons. The van der Waals surface area contributed by atoms with Gasteiger partial charge in [0.1, 0.15) is 5.78 Å². The van der Waals surface area contributed by atoms with Gasteiger partial charge >= 0.3 is 12.4 Å². The van der Waals surface area contributed by atoms with Crippen molar-refractivity contribution in [2.24, 2.45) is 0 Å². The molecule has 0 saturated heterocycles. The number of amides is 1. The summed E-state index contributed by atoms with van der Waals surface area (Å²) in [6.45, 7) is 1.39. The molecule has 208 valence electrons. The number of ketones is 1. The van der Waals surface area contributed by atoms with E-state index in [-0.39, 0.29) is 38.4 Å². The molecule has 0 spiro atoms. The van der Waals surface area contributed by atoms with Gasteiger partial charge in [0.05, 0.1) is 37.9 Å². The van der Waals surface area contributed by atoms with Gasteiger partial charge in [0, 0.05) is 29.5 Å². The zero-order valence-electron chi connectivity index (χ0n) is 19.6. The number of halogens is 9. The Balaban J connectivity index is 2.38. The zero-order valence-corrected chi connectivity index (χ0v) is 22.7. The third kappa shape index (κ3) is 9.00. The summed E-state index contributed by atoms with van der Waals surface area (Å²) < 4.78 is 93.6. The standard InChI is InChI=1S/C24H20Cl3F6NO3S/c1-12(7-15(35)11-38(2)37)34-22(36)16-5-3-13(8-18(16)24(31,32)33)4-6-17(23(28,29)30)14-9-19(25)21(27)20(26)10-14/h3-6,8-10,12,17H,7,11H2,1-2H3,(H,34,36)/b6-4+/t12-,17?,38?/m1/s1. The highest BCUT2D eigenvalue weighted by atomic mass is 35.5. The zero-order chi connectivity index (χ0) is 29.0. The first-order valence-corrected chi connectivity index (χ1v) is 13.5. The summed E-state index contributed by atoms with van der Waals surface area (Å²) in [5.74, 6) is -4.12. The molecule has 0 bridgehead atoms. The van der Waals surface area contributed by atoms with Crippen LogP contribution in [0.3, 0.4) is 0 Å². The fourth-order valence-electron chi connectivity index (χ4n) is 3.45. The minimum Gasteiger partial charge on any atom is -0.349 e. The topological polar surface area (TPSA) is 63.2 Å². The van der Waals surface area contributed by atoms with Gasteiger partial charge in [-0.1, -0.05) is 53.0 Å². The molecular formula is C24H20Cl3F6NO3S. The van der Waals surface area contributed by atoms with Crippen LogP contribution in [0, 0.1) is 0 Å². The van der Waals surface area contributed by atoms with Crippen LogP contribution in [-0.4, -0.2) is 40.1 Å².